The van der Waals surface area contributed by atoms with Crippen molar-refractivity contribution in [2.24, 2.45) is 0 Å². The molecule has 2 aromatic rings. The monoisotopic (exact) mass is 389 g/mol. The minimum absolute atomic E-state index is 0.453. The number of nitrogens with one attached hydrogen (secondary N) is 2. The molecular weight excluding hydrogens is 362 g/mol. The summed E-state index contributed by atoms with van der Waals surface area (Å²) in [6.45, 7) is 7.61. The van der Waals surface area contributed by atoms with Gasteiger partial charge in [0.15, 0.2) is 11.5 Å². The van der Waals surface area contributed by atoms with Gasteiger partial charge in [-0.05, 0) is 23.8 Å². The van der Waals surface area contributed by atoms with E-state index in [1.807, 2.05) is 36.4 Å². The van der Waals surface area contributed by atoms with E-state index in [2.05, 4.69) is 21.6 Å². The van der Waals surface area contributed by atoms with Crippen molar-refractivity contribution in [2.45, 2.75) is 13.2 Å². The van der Waals surface area contributed by atoms with Gasteiger partial charge in [-0.1, -0.05) is 35.9 Å². The van der Waals surface area contributed by atoms with Crippen molar-refractivity contribution < 1.29 is 9.47 Å². The van der Waals surface area contributed by atoms with E-state index < -0.39 is 0 Å². The molecule has 0 amide bonds. The second-order valence-corrected chi connectivity index (χ2v) is 7.07. The fraction of sp³-hybridized carbons (Fsp3) is 0.429. The number of hydrogen-bond acceptors (Lipinski definition) is 5. The molecule has 0 saturated carbocycles. The fourth-order valence-electron chi connectivity index (χ4n) is 3.20. The van der Waals surface area contributed by atoms with Gasteiger partial charge in [0, 0.05) is 56.4 Å². The Morgan fingerprint density at radius 3 is 2.74 bits per heavy atom. The van der Waals surface area contributed by atoms with Crippen LogP contribution in [0.3, 0.4) is 0 Å². The number of benzene rings is 2. The lowest BCUT2D eigenvalue weighted by Gasteiger charge is -2.27. The number of hydrogen-bond donors (Lipinski definition) is 2. The molecule has 6 heteroatoms. The first-order valence-corrected chi connectivity index (χ1v) is 9.81. The van der Waals surface area contributed by atoms with Crippen LogP contribution < -0.4 is 20.1 Å². The molecule has 1 saturated heterocycles. The molecule has 0 spiro atoms. The van der Waals surface area contributed by atoms with Gasteiger partial charge in [-0.15, -0.1) is 0 Å². The van der Waals surface area contributed by atoms with E-state index in [0.717, 1.165) is 68.4 Å². The van der Waals surface area contributed by atoms with Crippen LogP contribution in [-0.2, 0) is 13.2 Å². The van der Waals surface area contributed by atoms with E-state index in [9.17, 15) is 0 Å². The lowest BCUT2D eigenvalue weighted by molar-refractivity contribution is 0.240. The van der Waals surface area contributed by atoms with E-state index >= 15 is 0 Å². The van der Waals surface area contributed by atoms with Crippen molar-refractivity contribution in [1.29, 1.82) is 0 Å². The van der Waals surface area contributed by atoms with Crippen molar-refractivity contribution in [3.8, 4) is 11.5 Å². The summed E-state index contributed by atoms with van der Waals surface area (Å²) < 4.78 is 11.6. The van der Waals surface area contributed by atoms with Crippen LogP contribution in [0.15, 0.2) is 42.5 Å². The molecule has 1 fully saturated rings. The molecule has 27 heavy (non-hydrogen) atoms. The van der Waals surface area contributed by atoms with Gasteiger partial charge in [0.2, 0.25) is 0 Å². The van der Waals surface area contributed by atoms with Crippen LogP contribution in [0.1, 0.15) is 11.1 Å². The summed E-state index contributed by atoms with van der Waals surface area (Å²) in [4.78, 5) is 2.48. The molecule has 0 radical (unpaired) electrons. The molecule has 0 aromatic heterocycles. The molecule has 3 rings (SSSR count). The number of halogens is 1. The molecule has 0 atom stereocenters. The normalized spacial score (nSPS) is 14.9. The minimum atomic E-state index is 0.453. The highest BCUT2D eigenvalue weighted by molar-refractivity contribution is 6.30. The highest BCUT2D eigenvalue weighted by atomic mass is 35.5. The molecule has 0 unspecified atom stereocenters. The maximum absolute atomic E-state index is 6.10. The zero-order chi connectivity index (χ0) is 18.9. The smallest absolute Gasteiger partial charge is 0.166 e. The third kappa shape index (κ3) is 6.11. The van der Waals surface area contributed by atoms with E-state index in [-0.39, 0.29) is 0 Å². The van der Waals surface area contributed by atoms with E-state index in [1.54, 1.807) is 7.11 Å². The van der Waals surface area contributed by atoms with Crippen LogP contribution in [-0.4, -0.2) is 51.3 Å². The number of para-hydroxylation sites is 1. The average Bonchev–Trinajstić information content (AvgIpc) is 2.70. The lowest BCUT2D eigenvalue weighted by Crippen LogP contribution is -2.45. The molecule has 146 valence electrons. The summed E-state index contributed by atoms with van der Waals surface area (Å²) in [6.07, 6.45) is 0. The van der Waals surface area contributed by atoms with Crippen LogP contribution in [0, 0.1) is 0 Å². The Hall–Kier alpha value is -1.79. The fourth-order valence-corrected chi connectivity index (χ4v) is 3.42. The summed E-state index contributed by atoms with van der Waals surface area (Å²) in [5, 5.41) is 7.62. The Bertz CT molecular complexity index is 720. The second-order valence-electron chi connectivity index (χ2n) is 6.64. The van der Waals surface area contributed by atoms with Gasteiger partial charge < -0.3 is 20.1 Å². The molecular formula is C21H28ClN3O2. The van der Waals surface area contributed by atoms with Crippen molar-refractivity contribution in [3.05, 3.63) is 58.6 Å². The predicted molar refractivity (Wildman–Crippen MR) is 110 cm³/mol. The number of ether oxygens (including phenoxy) is 2. The van der Waals surface area contributed by atoms with E-state index in [4.69, 9.17) is 21.1 Å². The van der Waals surface area contributed by atoms with Gasteiger partial charge in [0.05, 0.1) is 7.11 Å². The first-order valence-electron chi connectivity index (χ1n) is 9.43. The molecule has 5 nitrogen and oxygen atoms in total. The molecule has 1 aliphatic rings. The summed E-state index contributed by atoms with van der Waals surface area (Å²) in [7, 11) is 1.67. The van der Waals surface area contributed by atoms with Crippen LogP contribution in [0.4, 0.5) is 0 Å². The third-order valence-corrected chi connectivity index (χ3v) is 4.92. The maximum Gasteiger partial charge on any atom is 0.166 e. The first kappa shape index (κ1) is 20.0. The van der Waals surface area contributed by atoms with Gasteiger partial charge in [-0.2, -0.15) is 0 Å². The van der Waals surface area contributed by atoms with Gasteiger partial charge in [-0.3, -0.25) is 4.90 Å². The topological polar surface area (TPSA) is 45.8 Å². The maximum atomic E-state index is 6.10. The zero-order valence-corrected chi connectivity index (χ0v) is 16.6. The highest BCUT2D eigenvalue weighted by Crippen LogP contribution is 2.32. The van der Waals surface area contributed by atoms with Gasteiger partial charge >= 0.3 is 0 Å². The van der Waals surface area contributed by atoms with Gasteiger partial charge in [-0.25, -0.2) is 0 Å². The number of methoxy groups -OCH3 is 1. The summed E-state index contributed by atoms with van der Waals surface area (Å²) in [6, 6.07) is 13.7. The molecule has 2 N–H and O–H groups in total. The number of rotatable bonds is 9. The number of nitrogens with zero attached hydrogens (tertiary/aromatic N) is 1. The van der Waals surface area contributed by atoms with Gasteiger partial charge in [0.1, 0.15) is 6.61 Å². The standard InChI is InChI=1S/C21H28ClN3O2/c1-26-20-7-3-5-18(15-24-10-13-25-11-8-23-9-12-25)21(20)27-16-17-4-2-6-19(22)14-17/h2-7,14,23-24H,8-13,15-16H2,1H3. The third-order valence-electron chi connectivity index (χ3n) is 4.68. The first-order chi connectivity index (χ1) is 13.3. The van der Waals surface area contributed by atoms with E-state index in [0.29, 0.717) is 11.6 Å². The molecule has 0 bridgehead atoms. The van der Waals surface area contributed by atoms with E-state index in [1.165, 1.54) is 0 Å². The van der Waals surface area contributed by atoms with Crippen LogP contribution in [0.2, 0.25) is 5.02 Å². The predicted octanol–water partition coefficient (Wildman–Crippen LogP) is 2.92. The lowest BCUT2D eigenvalue weighted by atomic mass is 10.1. The van der Waals surface area contributed by atoms with Crippen molar-refractivity contribution >= 4 is 11.6 Å². The average molecular weight is 390 g/mol. The second kappa shape index (κ2) is 10.5. The zero-order valence-electron chi connectivity index (χ0n) is 15.8. The van der Waals surface area contributed by atoms with Crippen LogP contribution in [0.25, 0.3) is 0 Å². The molecule has 0 aliphatic carbocycles. The number of piperazine rings is 1. The summed E-state index contributed by atoms with van der Waals surface area (Å²) in [5.41, 5.74) is 2.13. The quantitative estimate of drug-likeness (QED) is 0.646. The largest absolute Gasteiger partial charge is 0.493 e. The van der Waals surface area contributed by atoms with Crippen LogP contribution >= 0.6 is 11.6 Å². The Morgan fingerprint density at radius 1 is 1.15 bits per heavy atom. The molecule has 1 aliphatic heterocycles. The Balaban J connectivity index is 1.57. The minimum Gasteiger partial charge on any atom is -0.493 e. The highest BCUT2D eigenvalue weighted by Gasteiger charge is 2.12. The van der Waals surface area contributed by atoms with Crippen molar-refractivity contribution in [1.82, 2.24) is 15.5 Å². The Morgan fingerprint density at radius 2 is 1.96 bits per heavy atom. The molecule has 1 heterocycles. The SMILES string of the molecule is COc1cccc(CNCCN2CCNCC2)c1OCc1cccc(Cl)c1. The van der Waals surface area contributed by atoms with Crippen molar-refractivity contribution in [2.75, 3.05) is 46.4 Å². The Kier molecular flexibility index (Phi) is 7.78. The van der Waals surface area contributed by atoms with Gasteiger partial charge in [0.25, 0.3) is 0 Å². The molecule has 2 aromatic carbocycles. The van der Waals surface area contributed by atoms with Crippen molar-refractivity contribution in [3.63, 3.8) is 0 Å². The summed E-state index contributed by atoms with van der Waals surface area (Å²) in [5.74, 6) is 1.54. The summed E-state index contributed by atoms with van der Waals surface area (Å²) >= 11 is 6.07. The Labute approximate surface area is 166 Å². The van der Waals surface area contributed by atoms with Crippen LogP contribution in [0.5, 0.6) is 11.5 Å².